The zero-order valence-electron chi connectivity index (χ0n) is 11.4. The summed E-state index contributed by atoms with van der Waals surface area (Å²) in [6.07, 6.45) is 0.712. The number of hydrogen-bond acceptors (Lipinski definition) is 3. The summed E-state index contributed by atoms with van der Waals surface area (Å²) in [7, 11) is 0. The predicted molar refractivity (Wildman–Crippen MR) is 71.7 cm³/mol. The molecule has 0 radical (unpaired) electrons. The van der Waals surface area contributed by atoms with Gasteiger partial charge < -0.3 is 15.8 Å². The minimum absolute atomic E-state index is 0.168. The van der Waals surface area contributed by atoms with Crippen LogP contribution in [0, 0.1) is 11.2 Å². The standard InChI is InChI=1S/C14H17FN2O3/c1-8(2)20-11-7-9(15)3-4-10(11)17-13(19)14(5-6-14)12(16)18/h3-4,7-8H,5-6H2,1-2H3,(H2,16,18)(H,17,19). The van der Waals surface area contributed by atoms with E-state index in [0.717, 1.165) is 0 Å². The Kier molecular flexibility index (Phi) is 3.65. The maximum Gasteiger partial charge on any atom is 0.240 e. The van der Waals surface area contributed by atoms with E-state index in [4.69, 9.17) is 10.5 Å². The zero-order chi connectivity index (χ0) is 14.9. The van der Waals surface area contributed by atoms with E-state index in [0.29, 0.717) is 18.5 Å². The number of hydrogen-bond donors (Lipinski definition) is 2. The average Bonchev–Trinajstić information content (AvgIpc) is 3.13. The van der Waals surface area contributed by atoms with Crippen molar-refractivity contribution < 1.29 is 18.7 Å². The first-order chi connectivity index (χ1) is 9.35. The number of anilines is 1. The van der Waals surface area contributed by atoms with Crippen LogP contribution in [0.3, 0.4) is 0 Å². The molecule has 0 aromatic heterocycles. The molecule has 108 valence electrons. The van der Waals surface area contributed by atoms with Gasteiger partial charge >= 0.3 is 0 Å². The van der Waals surface area contributed by atoms with Crippen LogP contribution in [0.25, 0.3) is 0 Å². The summed E-state index contributed by atoms with van der Waals surface area (Å²) < 4.78 is 18.7. The molecule has 0 aliphatic heterocycles. The summed E-state index contributed by atoms with van der Waals surface area (Å²) in [5, 5.41) is 2.60. The van der Waals surface area contributed by atoms with E-state index >= 15 is 0 Å². The van der Waals surface area contributed by atoms with Gasteiger partial charge in [0.05, 0.1) is 11.8 Å². The highest BCUT2D eigenvalue weighted by Crippen LogP contribution is 2.46. The molecule has 0 saturated heterocycles. The number of benzene rings is 1. The maximum atomic E-state index is 13.2. The molecule has 1 aliphatic rings. The number of nitrogens with two attached hydrogens (primary N) is 1. The highest BCUT2D eigenvalue weighted by molar-refractivity contribution is 6.12. The molecule has 1 aromatic rings. The third-order valence-electron chi connectivity index (χ3n) is 3.21. The lowest BCUT2D eigenvalue weighted by Gasteiger charge is -2.17. The Morgan fingerprint density at radius 1 is 1.40 bits per heavy atom. The largest absolute Gasteiger partial charge is 0.489 e. The molecule has 0 atom stereocenters. The molecular formula is C14H17FN2O3. The normalized spacial score (nSPS) is 15.8. The summed E-state index contributed by atoms with van der Waals surface area (Å²) in [4.78, 5) is 23.4. The number of amides is 2. The molecule has 6 heteroatoms. The molecule has 3 N–H and O–H groups in total. The van der Waals surface area contributed by atoms with Gasteiger partial charge in [0, 0.05) is 6.07 Å². The van der Waals surface area contributed by atoms with Crippen molar-refractivity contribution in [3.05, 3.63) is 24.0 Å². The number of nitrogens with one attached hydrogen (secondary N) is 1. The van der Waals surface area contributed by atoms with Gasteiger partial charge in [0.2, 0.25) is 11.8 Å². The van der Waals surface area contributed by atoms with Crippen molar-refractivity contribution in [3.63, 3.8) is 0 Å². The van der Waals surface area contributed by atoms with Crippen molar-refractivity contribution in [2.45, 2.75) is 32.8 Å². The number of rotatable bonds is 5. The average molecular weight is 280 g/mol. The molecule has 20 heavy (non-hydrogen) atoms. The van der Waals surface area contributed by atoms with Gasteiger partial charge in [-0.1, -0.05) is 0 Å². The fourth-order valence-corrected chi connectivity index (χ4v) is 1.90. The zero-order valence-corrected chi connectivity index (χ0v) is 11.4. The van der Waals surface area contributed by atoms with Crippen LogP contribution in [0.15, 0.2) is 18.2 Å². The van der Waals surface area contributed by atoms with Gasteiger partial charge in [-0.3, -0.25) is 9.59 Å². The highest BCUT2D eigenvalue weighted by atomic mass is 19.1. The molecule has 5 nitrogen and oxygen atoms in total. The van der Waals surface area contributed by atoms with E-state index in [1.54, 1.807) is 13.8 Å². The van der Waals surface area contributed by atoms with Gasteiger partial charge in [-0.05, 0) is 38.8 Å². The van der Waals surface area contributed by atoms with Crippen LogP contribution >= 0.6 is 0 Å². The smallest absolute Gasteiger partial charge is 0.240 e. The first kappa shape index (κ1) is 14.3. The second-order valence-electron chi connectivity index (χ2n) is 5.21. The van der Waals surface area contributed by atoms with Crippen molar-refractivity contribution >= 4 is 17.5 Å². The lowest BCUT2D eigenvalue weighted by Crippen LogP contribution is -2.36. The predicted octanol–water partition coefficient (Wildman–Crippen LogP) is 1.82. The minimum atomic E-state index is -1.12. The molecule has 0 spiro atoms. The molecule has 0 heterocycles. The van der Waals surface area contributed by atoms with E-state index in [1.165, 1.54) is 18.2 Å². The fourth-order valence-electron chi connectivity index (χ4n) is 1.90. The Balaban J connectivity index is 2.21. The fraction of sp³-hybridized carbons (Fsp3) is 0.429. The maximum absolute atomic E-state index is 13.2. The Morgan fingerprint density at radius 3 is 2.55 bits per heavy atom. The molecule has 1 aromatic carbocycles. The van der Waals surface area contributed by atoms with Crippen LogP contribution in [-0.4, -0.2) is 17.9 Å². The summed E-state index contributed by atoms with van der Waals surface area (Å²) >= 11 is 0. The molecular weight excluding hydrogens is 263 g/mol. The van der Waals surface area contributed by atoms with E-state index in [9.17, 15) is 14.0 Å². The van der Waals surface area contributed by atoms with Gasteiger partial charge in [-0.25, -0.2) is 4.39 Å². The Hall–Kier alpha value is -2.11. The van der Waals surface area contributed by atoms with E-state index in [1.807, 2.05) is 0 Å². The van der Waals surface area contributed by atoms with Crippen molar-refractivity contribution in [2.75, 3.05) is 5.32 Å². The topological polar surface area (TPSA) is 81.4 Å². The van der Waals surface area contributed by atoms with E-state index < -0.39 is 23.0 Å². The van der Waals surface area contributed by atoms with Gasteiger partial charge in [0.1, 0.15) is 17.0 Å². The van der Waals surface area contributed by atoms with Gasteiger partial charge in [-0.15, -0.1) is 0 Å². The number of carbonyl (C=O) groups excluding carboxylic acids is 2. The summed E-state index contributed by atoms with van der Waals surface area (Å²) in [5.74, 6) is -1.34. The number of ether oxygens (including phenoxy) is 1. The molecule has 0 bridgehead atoms. The van der Waals surface area contributed by atoms with Gasteiger partial charge in [-0.2, -0.15) is 0 Å². The Morgan fingerprint density at radius 2 is 2.05 bits per heavy atom. The van der Waals surface area contributed by atoms with Crippen molar-refractivity contribution in [1.29, 1.82) is 0 Å². The number of halogens is 1. The van der Waals surface area contributed by atoms with Crippen LogP contribution in [0.2, 0.25) is 0 Å². The molecule has 1 saturated carbocycles. The second-order valence-corrected chi connectivity index (χ2v) is 5.21. The third kappa shape index (κ3) is 2.74. The van der Waals surface area contributed by atoms with Crippen molar-refractivity contribution in [3.8, 4) is 5.75 Å². The van der Waals surface area contributed by atoms with Crippen molar-refractivity contribution in [2.24, 2.45) is 11.1 Å². The van der Waals surface area contributed by atoms with E-state index in [-0.39, 0.29) is 11.9 Å². The molecule has 1 aliphatic carbocycles. The molecule has 0 unspecified atom stereocenters. The summed E-state index contributed by atoms with van der Waals surface area (Å²) in [5.41, 5.74) is 4.45. The number of carbonyl (C=O) groups is 2. The van der Waals surface area contributed by atoms with Crippen LogP contribution in [-0.2, 0) is 9.59 Å². The number of primary amides is 1. The second kappa shape index (κ2) is 5.11. The van der Waals surface area contributed by atoms with Crippen molar-refractivity contribution in [1.82, 2.24) is 0 Å². The first-order valence-electron chi connectivity index (χ1n) is 6.43. The van der Waals surface area contributed by atoms with Gasteiger partial charge in [0.15, 0.2) is 0 Å². The SMILES string of the molecule is CC(C)Oc1cc(F)ccc1NC(=O)C1(C(N)=O)CC1. The Bertz CT molecular complexity index is 553. The summed E-state index contributed by atoms with van der Waals surface area (Å²) in [6, 6.07) is 3.81. The lowest BCUT2D eigenvalue weighted by atomic mass is 10.1. The van der Waals surface area contributed by atoms with Crippen LogP contribution in [0.5, 0.6) is 5.75 Å². The minimum Gasteiger partial charge on any atom is -0.489 e. The Labute approximate surface area is 116 Å². The molecule has 2 amide bonds. The highest BCUT2D eigenvalue weighted by Gasteiger charge is 2.55. The van der Waals surface area contributed by atoms with Crippen LogP contribution < -0.4 is 15.8 Å². The van der Waals surface area contributed by atoms with Crippen LogP contribution in [0.4, 0.5) is 10.1 Å². The molecule has 1 fully saturated rings. The monoisotopic (exact) mass is 280 g/mol. The first-order valence-corrected chi connectivity index (χ1v) is 6.43. The molecule has 2 rings (SSSR count). The third-order valence-corrected chi connectivity index (χ3v) is 3.21. The van der Waals surface area contributed by atoms with Gasteiger partial charge in [0.25, 0.3) is 0 Å². The quantitative estimate of drug-likeness (QED) is 0.807. The lowest BCUT2D eigenvalue weighted by molar-refractivity contribution is -0.132. The van der Waals surface area contributed by atoms with E-state index in [2.05, 4.69) is 5.32 Å². The van der Waals surface area contributed by atoms with Crippen LogP contribution in [0.1, 0.15) is 26.7 Å². The summed E-state index contributed by atoms with van der Waals surface area (Å²) in [6.45, 7) is 3.59.